The van der Waals surface area contributed by atoms with Crippen LogP contribution in [0.1, 0.15) is 38.0 Å². The lowest BCUT2D eigenvalue weighted by atomic mass is 9.93. The van der Waals surface area contributed by atoms with E-state index >= 15 is 0 Å². The number of carbonyl (C=O) groups excluding carboxylic acids is 1. The van der Waals surface area contributed by atoms with Gasteiger partial charge in [0.2, 0.25) is 5.91 Å². The van der Waals surface area contributed by atoms with Crippen molar-refractivity contribution in [2.24, 2.45) is 5.41 Å². The van der Waals surface area contributed by atoms with Crippen molar-refractivity contribution >= 4 is 5.91 Å². The second-order valence-electron chi connectivity index (χ2n) is 6.22. The van der Waals surface area contributed by atoms with Crippen LogP contribution in [0.15, 0.2) is 24.3 Å². The van der Waals surface area contributed by atoms with Gasteiger partial charge >= 0.3 is 0 Å². The minimum Gasteiger partial charge on any atom is -0.370 e. The molecule has 1 aliphatic heterocycles. The Morgan fingerprint density at radius 1 is 1.32 bits per heavy atom. The highest BCUT2D eigenvalue weighted by atomic mass is 16.5. The molecular formula is C16H23NO2. The van der Waals surface area contributed by atoms with Gasteiger partial charge in [0, 0.05) is 12.0 Å². The van der Waals surface area contributed by atoms with Crippen LogP contribution in [0, 0.1) is 12.3 Å². The molecule has 1 fully saturated rings. The molecule has 0 aliphatic carbocycles. The summed E-state index contributed by atoms with van der Waals surface area (Å²) in [5.41, 5.74) is 2.08. The van der Waals surface area contributed by atoms with E-state index in [4.69, 9.17) is 4.74 Å². The first-order valence-corrected chi connectivity index (χ1v) is 6.86. The molecule has 1 aliphatic rings. The first-order valence-electron chi connectivity index (χ1n) is 6.86. The van der Waals surface area contributed by atoms with Crippen molar-refractivity contribution in [2.75, 3.05) is 19.7 Å². The van der Waals surface area contributed by atoms with Gasteiger partial charge in [-0.3, -0.25) is 4.79 Å². The predicted octanol–water partition coefficient (Wildman–Crippen LogP) is 2.94. The first kappa shape index (κ1) is 14.1. The molecule has 1 aromatic carbocycles. The first-order chi connectivity index (χ1) is 8.89. The van der Waals surface area contributed by atoms with Gasteiger partial charge in [0.1, 0.15) is 6.10 Å². The lowest BCUT2D eigenvalue weighted by Gasteiger charge is -2.37. The molecule has 0 spiro atoms. The van der Waals surface area contributed by atoms with Crippen LogP contribution in [-0.2, 0) is 9.53 Å². The van der Waals surface area contributed by atoms with Gasteiger partial charge in [-0.05, 0) is 18.1 Å². The zero-order valence-electron chi connectivity index (χ0n) is 12.3. The van der Waals surface area contributed by atoms with E-state index < -0.39 is 0 Å². The zero-order valence-corrected chi connectivity index (χ0v) is 12.3. The quantitative estimate of drug-likeness (QED) is 0.778. The van der Waals surface area contributed by atoms with E-state index in [1.165, 1.54) is 11.1 Å². The Bertz CT molecular complexity index is 462. The summed E-state index contributed by atoms with van der Waals surface area (Å²) in [5, 5.41) is 0. The second-order valence-corrected chi connectivity index (χ2v) is 6.22. The monoisotopic (exact) mass is 261 g/mol. The van der Waals surface area contributed by atoms with Crippen LogP contribution < -0.4 is 0 Å². The zero-order chi connectivity index (χ0) is 14.0. The molecule has 0 N–H and O–H groups in total. The molecule has 1 amide bonds. The molecule has 1 aromatic rings. The molecular weight excluding hydrogens is 238 g/mol. The number of benzene rings is 1. The van der Waals surface area contributed by atoms with Crippen LogP contribution in [0.2, 0.25) is 0 Å². The van der Waals surface area contributed by atoms with Crippen LogP contribution in [-0.4, -0.2) is 30.5 Å². The summed E-state index contributed by atoms with van der Waals surface area (Å²) in [6.45, 7) is 9.94. The van der Waals surface area contributed by atoms with Gasteiger partial charge in [-0.1, -0.05) is 45.0 Å². The minimum atomic E-state index is -0.326. The summed E-state index contributed by atoms with van der Waals surface area (Å²) in [4.78, 5) is 14.3. The Hall–Kier alpha value is -1.35. The van der Waals surface area contributed by atoms with Gasteiger partial charge in [0.25, 0.3) is 0 Å². The molecule has 1 heterocycles. The molecule has 3 nitrogen and oxygen atoms in total. The van der Waals surface area contributed by atoms with E-state index in [1.807, 2.05) is 37.8 Å². The SMILES string of the molecule is Cc1ccccc1C1CN(C(=O)C(C)(C)C)CCO1. The number of hydrogen-bond donors (Lipinski definition) is 0. The maximum atomic E-state index is 12.4. The number of nitrogens with zero attached hydrogens (tertiary/aromatic N) is 1. The van der Waals surface area contributed by atoms with Crippen molar-refractivity contribution in [3.63, 3.8) is 0 Å². The highest BCUT2D eigenvalue weighted by Gasteiger charge is 2.32. The van der Waals surface area contributed by atoms with Crippen LogP contribution in [0.5, 0.6) is 0 Å². The molecule has 0 radical (unpaired) electrons. The van der Waals surface area contributed by atoms with Crippen LogP contribution in [0.25, 0.3) is 0 Å². The molecule has 0 saturated carbocycles. The number of morpholine rings is 1. The molecule has 1 unspecified atom stereocenters. The van der Waals surface area contributed by atoms with E-state index in [2.05, 4.69) is 19.1 Å². The van der Waals surface area contributed by atoms with Crippen molar-refractivity contribution in [3.05, 3.63) is 35.4 Å². The van der Waals surface area contributed by atoms with E-state index in [-0.39, 0.29) is 17.4 Å². The lowest BCUT2D eigenvalue weighted by molar-refractivity contribution is -0.147. The molecule has 1 saturated heterocycles. The van der Waals surface area contributed by atoms with Gasteiger partial charge in [-0.2, -0.15) is 0 Å². The lowest BCUT2D eigenvalue weighted by Crippen LogP contribution is -2.47. The molecule has 1 atom stereocenters. The Morgan fingerprint density at radius 3 is 2.63 bits per heavy atom. The Morgan fingerprint density at radius 2 is 2.00 bits per heavy atom. The number of ether oxygens (including phenoxy) is 1. The highest BCUT2D eigenvalue weighted by Crippen LogP contribution is 2.27. The number of amides is 1. The van der Waals surface area contributed by atoms with Crippen LogP contribution in [0.4, 0.5) is 0 Å². The summed E-state index contributed by atoms with van der Waals surface area (Å²) < 4.78 is 5.84. The summed E-state index contributed by atoms with van der Waals surface area (Å²) >= 11 is 0. The van der Waals surface area contributed by atoms with Crippen molar-refractivity contribution < 1.29 is 9.53 Å². The number of hydrogen-bond acceptors (Lipinski definition) is 2. The molecule has 104 valence electrons. The van der Waals surface area contributed by atoms with Gasteiger partial charge < -0.3 is 9.64 Å². The van der Waals surface area contributed by atoms with Crippen molar-refractivity contribution in [3.8, 4) is 0 Å². The maximum absolute atomic E-state index is 12.4. The van der Waals surface area contributed by atoms with Gasteiger partial charge in [0.15, 0.2) is 0 Å². The minimum absolute atomic E-state index is 0.00116. The van der Waals surface area contributed by atoms with E-state index in [9.17, 15) is 4.79 Å². The molecule has 2 rings (SSSR count). The fourth-order valence-electron chi connectivity index (χ4n) is 2.44. The van der Waals surface area contributed by atoms with E-state index in [1.54, 1.807) is 0 Å². The highest BCUT2D eigenvalue weighted by molar-refractivity contribution is 5.81. The summed E-state index contributed by atoms with van der Waals surface area (Å²) in [6.07, 6.45) is 0.00116. The average molecular weight is 261 g/mol. The normalized spacial score (nSPS) is 20.4. The van der Waals surface area contributed by atoms with Gasteiger partial charge in [0.05, 0.1) is 13.2 Å². The molecule has 19 heavy (non-hydrogen) atoms. The fourth-order valence-corrected chi connectivity index (χ4v) is 2.44. The summed E-state index contributed by atoms with van der Waals surface area (Å²) in [6, 6.07) is 8.23. The third-order valence-electron chi connectivity index (χ3n) is 3.53. The summed E-state index contributed by atoms with van der Waals surface area (Å²) in [5.74, 6) is 0.203. The standard InChI is InChI=1S/C16H23NO2/c1-12-7-5-6-8-13(12)14-11-17(9-10-19-14)15(18)16(2,3)4/h5-8,14H,9-11H2,1-4H3. The van der Waals surface area contributed by atoms with Gasteiger partial charge in [-0.25, -0.2) is 0 Å². The molecule has 3 heteroatoms. The van der Waals surface area contributed by atoms with Crippen molar-refractivity contribution in [1.82, 2.24) is 4.90 Å². The summed E-state index contributed by atoms with van der Waals surface area (Å²) in [7, 11) is 0. The van der Waals surface area contributed by atoms with Gasteiger partial charge in [-0.15, -0.1) is 0 Å². The van der Waals surface area contributed by atoms with Crippen LogP contribution >= 0.6 is 0 Å². The third-order valence-corrected chi connectivity index (χ3v) is 3.53. The Balaban J connectivity index is 2.14. The average Bonchev–Trinajstić information content (AvgIpc) is 2.37. The maximum Gasteiger partial charge on any atom is 0.228 e. The predicted molar refractivity (Wildman–Crippen MR) is 75.9 cm³/mol. The Kier molecular flexibility index (Phi) is 3.95. The Labute approximate surface area is 115 Å². The van der Waals surface area contributed by atoms with Crippen LogP contribution in [0.3, 0.4) is 0 Å². The van der Waals surface area contributed by atoms with E-state index in [0.717, 1.165) is 0 Å². The number of carbonyl (C=O) groups is 1. The molecule has 0 aromatic heterocycles. The van der Waals surface area contributed by atoms with E-state index in [0.29, 0.717) is 19.7 Å². The third kappa shape index (κ3) is 3.16. The number of aryl methyl sites for hydroxylation is 1. The second kappa shape index (κ2) is 5.33. The topological polar surface area (TPSA) is 29.5 Å². The van der Waals surface area contributed by atoms with Crippen molar-refractivity contribution in [2.45, 2.75) is 33.8 Å². The fraction of sp³-hybridized carbons (Fsp3) is 0.562. The largest absolute Gasteiger partial charge is 0.370 e. The molecule has 0 bridgehead atoms. The van der Waals surface area contributed by atoms with Crippen molar-refractivity contribution in [1.29, 1.82) is 0 Å². The smallest absolute Gasteiger partial charge is 0.228 e. The number of rotatable bonds is 1.